The second kappa shape index (κ2) is 5.92. The van der Waals surface area contributed by atoms with Gasteiger partial charge in [0, 0.05) is 12.2 Å². The highest BCUT2D eigenvalue weighted by Gasteiger charge is 2.46. The summed E-state index contributed by atoms with van der Waals surface area (Å²) in [5, 5.41) is 0. The van der Waals surface area contributed by atoms with E-state index in [0.717, 1.165) is 31.4 Å². The molecule has 0 radical (unpaired) electrons. The first kappa shape index (κ1) is 15.0. The minimum absolute atomic E-state index is 0.0638. The summed E-state index contributed by atoms with van der Waals surface area (Å²) in [6.07, 6.45) is 3.61. The van der Waals surface area contributed by atoms with Crippen LogP contribution < -0.4 is 10.6 Å². The molecule has 0 unspecified atom stereocenters. The van der Waals surface area contributed by atoms with Crippen LogP contribution in [0.1, 0.15) is 38.2 Å². The zero-order valence-electron chi connectivity index (χ0n) is 12.2. The summed E-state index contributed by atoms with van der Waals surface area (Å²) < 4.78 is 0. The number of rotatable bonds is 4. The van der Waals surface area contributed by atoms with Crippen LogP contribution in [0.2, 0.25) is 0 Å². The summed E-state index contributed by atoms with van der Waals surface area (Å²) in [4.78, 5) is 15.1. The van der Waals surface area contributed by atoms with Crippen LogP contribution in [-0.2, 0) is 4.79 Å². The maximum atomic E-state index is 13.0. The van der Waals surface area contributed by atoms with Gasteiger partial charge < -0.3 is 10.6 Å². The Hall–Kier alpha value is -1.42. The number of aryl methyl sites for hydroxylation is 1. The summed E-state index contributed by atoms with van der Waals surface area (Å²) >= 11 is 5.21. The minimum Gasteiger partial charge on any atom is -0.392 e. The highest BCUT2D eigenvalue weighted by atomic mass is 32.1. The molecule has 1 aromatic rings. The van der Waals surface area contributed by atoms with Gasteiger partial charge in [-0.25, -0.2) is 0 Å². The summed E-state index contributed by atoms with van der Waals surface area (Å²) in [6.45, 7) is 4.65. The van der Waals surface area contributed by atoms with Crippen LogP contribution in [0.5, 0.6) is 0 Å². The predicted octanol–water partition coefficient (Wildman–Crippen LogP) is 3.19. The van der Waals surface area contributed by atoms with Gasteiger partial charge in [-0.3, -0.25) is 4.79 Å². The van der Waals surface area contributed by atoms with E-state index in [-0.39, 0.29) is 5.91 Å². The Morgan fingerprint density at radius 1 is 1.30 bits per heavy atom. The Kier molecular flexibility index (Phi) is 4.43. The molecule has 1 amide bonds. The second-order valence-electron chi connectivity index (χ2n) is 5.54. The Balaban J connectivity index is 2.33. The molecule has 1 fully saturated rings. The molecule has 4 heteroatoms. The number of nitrogens with two attached hydrogens (primary N) is 1. The fourth-order valence-corrected chi connectivity index (χ4v) is 3.26. The monoisotopic (exact) mass is 290 g/mol. The quantitative estimate of drug-likeness (QED) is 0.866. The lowest BCUT2D eigenvalue weighted by Gasteiger charge is -2.33. The Morgan fingerprint density at radius 2 is 1.85 bits per heavy atom. The van der Waals surface area contributed by atoms with Crippen molar-refractivity contribution in [2.24, 2.45) is 11.1 Å². The predicted molar refractivity (Wildman–Crippen MR) is 86.9 cm³/mol. The number of benzene rings is 1. The normalized spacial score (nSPS) is 16.9. The van der Waals surface area contributed by atoms with Crippen molar-refractivity contribution in [3.05, 3.63) is 29.8 Å². The van der Waals surface area contributed by atoms with E-state index in [9.17, 15) is 4.79 Å². The van der Waals surface area contributed by atoms with Crippen LogP contribution >= 0.6 is 12.2 Å². The molecule has 0 spiro atoms. The van der Waals surface area contributed by atoms with Crippen molar-refractivity contribution < 1.29 is 4.79 Å². The molecule has 2 rings (SSSR count). The third-order valence-corrected chi connectivity index (χ3v) is 4.64. The van der Waals surface area contributed by atoms with Crippen molar-refractivity contribution in [3.8, 4) is 0 Å². The molecular weight excluding hydrogens is 268 g/mol. The number of hydrogen-bond acceptors (Lipinski definition) is 2. The van der Waals surface area contributed by atoms with Gasteiger partial charge in [0.2, 0.25) is 5.91 Å². The van der Waals surface area contributed by atoms with Gasteiger partial charge >= 0.3 is 0 Å². The summed E-state index contributed by atoms with van der Waals surface area (Å²) in [5.41, 5.74) is 7.39. The molecule has 20 heavy (non-hydrogen) atoms. The number of amides is 1. The number of carbonyl (C=O) groups is 1. The molecule has 0 saturated heterocycles. The first-order valence-electron chi connectivity index (χ1n) is 7.20. The molecule has 108 valence electrons. The highest BCUT2D eigenvalue weighted by Crippen LogP contribution is 2.41. The summed E-state index contributed by atoms with van der Waals surface area (Å²) in [5.74, 6) is 0.0638. The van der Waals surface area contributed by atoms with Crippen LogP contribution in [0.15, 0.2) is 24.3 Å². The van der Waals surface area contributed by atoms with Crippen LogP contribution in [0.4, 0.5) is 5.69 Å². The molecule has 0 aliphatic heterocycles. The Labute approximate surface area is 126 Å². The fourth-order valence-electron chi connectivity index (χ4n) is 2.97. The summed E-state index contributed by atoms with van der Waals surface area (Å²) in [6, 6.07) is 8.01. The third-order valence-electron chi connectivity index (χ3n) is 4.25. The number of nitrogens with zero attached hydrogens (tertiary/aromatic N) is 1. The van der Waals surface area contributed by atoms with Gasteiger partial charge in [-0.15, -0.1) is 0 Å². The van der Waals surface area contributed by atoms with E-state index in [1.54, 1.807) is 0 Å². The maximum Gasteiger partial charge on any atom is 0.240 e. The van der Waals surface area contributed by atoms with Gasteiger partial charge in [-0.1, -0.05) is 42.8 Å². The smallest absolute Gasteiger partial charge is 0.240 e. The number of carbonyl (C=O) groups excluding carboxylic acids is 1. The first-order valence-corrected chi connectivity index (χ1v) is 7.60. The fraction of sp³-hybridized carbons (Fsp3) is 0.500. The topological polar surface area (TPSA) is 46.3 Å². The lowest BCUT2D eigenvalue weighted by Crippen LogP contribution is -2.49. The standard InChI is InChI=1S/C16H22N2OS/c1-3-18(13-8-6-12(2)7-9-13)15(19)16(14(17)20)10-4-5-11-16/h6-9H,3-5,10-11H2,1-2H3,(H2,17,20). The maximum absolute atomic E-state index is 13.0. The van der Waals surface area contributed by atoms with E-state index < -0.39 is 5.41 Å². The van der Waals surface area contributed by atoms with Crippen LogP contribution in [0.3, 0.4) is 0 Å². The summed E-state index contributed by atoms with van der Waals surface area (Å²) in [7, 11) is 0. The highest BCUT2D eigenvalue weighted by molar-refractivity contribution is 7.80. The number of anilines is 1. The average Bonchev–Trinajstić information content (AvgIpc) is 2.92. The molecule has 3 nitrogen and oxygen atoms in total. The molecule has 0 aromatic heterocycles. The zero-order chi connectivity index (χ0) is 14.8. The van der Waals surface area contributed by atoms with Crippen molar-refractivity contribution in [1.82, 2.24) is 0 Å². The van der Waals surface area contributed by atoms with Crippen LogP contribution in [0.25, 0.3) is 0 Å². The molecule has 0 heterocycles. The molecule has 1 saturated carbocycles. The van der Waals surface area contributed by atoms with Crippen molar-refractivity contribution in [3.63, 3.8) is 0 Å². The van der Waals surface area contributed by atoms with E-state index in [1.807, 2.05) is 43.0 Å². The van der Waals surface area contributed by atoms with Gasteiger partial charge in [0.1, 0.15) is 0 Å². The second-order valence-corrected chi connectivity index (χ2v) is 5.98. The van der Waals surface area contributed by atoms with Crippen LogP contribution in [-0.4, -0.2) is 17.4 Å². The molecule has 0 bridgehead atoms. The van der Waals surface area contributed by atoms with Crippen LogP contribution in [0, 0.1) is 12.3 Å². The van der Waals surface area contributed by atoms with E-state index in [1.165, 1.54) is 5.56 Å². The molecule has 1 aliphatic rings. The first-order chi connectivity index (χ1) is 9.51. The van der Waals surface area contributed by atoms with E-state index in [4.69, 9.17) is 18.0 Å². The average molecular weight is 290 g/mol. The van der Waals surface area contributed by atoms with E-state index in [0.29, 0.717) is 11.5 Å². The number of thiocarbonyl (C=S) groups is 1. The van der Waals surface area contributed by atoms with E-state index >= 15 is 0 Å². The molecule has 1 aliphatic carbocycles. The molecule has 2 N–H and O–H groups in total. The van der Waals surface area contributed by atoms with Gasteiger partial charge in [0.25, 0.3) is 0 Å². The number of hydrogen-bond donors (Lipinski definition) is 1. The van der Waals surface area contributed by atoms with Gasteiger partial charge in [0.05, 0.1) is 10.4 Å². The molecule has 1 aromatic carbocycles. The lowest BCUT2D eigenvalue weighted by atomic mass is 9.84. The molecule has 0 atom stereocenters. The van der Waals surface area contributed by atoms with Gasteiger partial charge in [0.15, 0.2) is 0 Å². The Bertz CT molecular complexity index is 504. The van der Waals surface area contributed by atoms with E-state index in [2.05, 4.69) is 0 Å². The Morgan fingerprint density at radius 3 is 2.30 bits per heavy atom. The minimum atomic E-state index is -0.629. The van der Waals surface area contributed by atoms with Crippen molar-refractivity contribution in [2.45, 2.75) is 39.5 Å². The largest absolute Gasteiger partial charge is 0.392 e. The zero-order valence-corrected chi connectivity index (χ0v) is 13.0. The SMILES string of the molecule is CCN(C(=O)C1(C(N)=S)CCCC1)c1ccc(C)cc1. The van der Waals surface area contributed by atoms with Crippen molar-refractivity contribution in [1.29, 1.82) is 0 Å². The van der Waals surface area contributed by atoms with Crippen molar-refractivity contribution in [2.75, 3.05) is 11.4 Å². The third kappa shape index (κ3) is 2.57. The molecular formula is C16H22N2OS. The van der Waals surface area contributed by atoms with Gasteiger partial charge in [-0.05, 0) is 38.8 Å². The van der Waals surface area contributed by atoms with Gasteiger partial charge in [-0.2, -0.15) is 0 Å². The lowest BCUT2D eigenvalue weighted by molar-refractivity contribution is -0.124. The van der Waals surface area contributed by atoms with Crippen molar-refractivity contribution >= 4 is 28.8 Å².